The highest BCUT2D eigenvalue weighted by Gasteiger charge is 2.22. The van der Waals surface area contributed by atoms with Crippen molar-refractivity contribution in [1.82, 2.24) is 5.32 Å². The summed E-state index contributed by atoms with van der Waals surface area (Å²) in [4.78, 5) is 22.1. The topological polar surface area (TPSA) is 113 Å². The maximum Gasteiger partial charge on any atom is 0.273 e. The number of hydrogen-bond donors (Lipinski definition) is 3. The average molecular weight is 268 g/mol. The van der Waals surface area contributed by atoms with Crippen LogP contribution in [0.5, 0.6) is 0 Å². The van der Waals surface area contributed by atoms with Gasteiger partial charge in [0.2, 0.25) is 0 Å². The van der Waals surface area contributed by atoms with Gasteiger partial charge in [-0.15, -0.1) is 0 Å². The molecule has 0 aromatic heterocycles. The zero-order valence-corrected chi connectivity index (χ0v) is 10.7. The third-order valence-electron chi connectivity index (χ3n) is 2.72. The first-order valence-corrected chi connectivity index (χ1v) is 5.64. The van der Waals surface area contributed by atoms with Crippen molar-refractivity contribution in [3.05, 3.63) is 39.4 Å². The van der Waals surface area contributed by atoms with Crippen LogP contribution in [0.15, 0.2) is 18.2 Å². The van der Waals surface area contributed by atoms with Crippen LogP contribution >= 0.6 is 0 Å². The van der Waals surface area contributed by atoms with Crippen LogP contribution in [-0.4, -0.2) is 39.8 Å². The molecule has 0 saturated carbocycles. The number of amides is 1. The van der Waals surface area contributed by atoms with E-state index in [1.165, 1.54) is 32.0 Å². The van der Waals surface area contributed by atoms with Crippen LogP contribution in [0.3, 0.4) is 0 Å². The Morgan fingerprint density at radius 3 is 2.68 bits per heavy atom. The number of nitro benzene ring substituents is 1. The summed E-state index contributed by atoms with van der Waals surface area (Å²) < 4.78 is 0. The Labute approximate surface area is 110 Å². The molecule has 0 fully saturated rings. The number of benzene rings is 1. The number of nitrogens with zero attached hydrogens (tertiary/aromatic N) is 1. The van der Waals surface area contributed by atoms with Gasteiger partial charge in [0.1, 0.15) is 5.60 Å². The third kappa shape index (κ3) is 3.73. The number of aliphatic hydroxyl groups excluding tert-OH is 1. The zero-order valence-electron chi connectivity index (χ0n) is 10.7. The minimum atomic E-state index is -1.43. The van der Waals surface area contributed by atoms with Crippen LogP contribution in [0.1, 0.15) is 22.8 Å². The maximum atomic E-state index is 11.9. The van der Waals surface area contributed by atoms with E-state index in [2.05, 4.69) is 5.32 Å². The minimum Gasteiger partial charge on any atom is -0.393 e. The van der Waals surface area contributed by atoms with E-state index in [0.717, 1.165) is 0 Å². The lowest BCUT2D eigenvalue weighted by Crippen LogP contribution is -2.43. The van der Waals surface area contributed by atoms with E-state index >= 15 is 0 Å². The summed E-state index contributed by atoms with van der Waals surface area (Å²) in [6.45, 7) is 2.20. The van der Waals surface area contributed by atoms with Gasteiger partial charge in [0.25, 0.3) is 11.6 Å². The Bertz CT molecular complexity index is 499. The molecule has 1 rings (SSSR count). The van der Waals surface area contributed by atoms with Gasteiger partial charge in [-0.2, -0.15) is 0 Å². The molecule has 7 heteroatoms. The Balaban J connectivity index is 2.89. The summed E-state index contributed by atoms with van der Waals surface area (Å²) in [5.41, 5.74) is -1.14. The van der Waals surface area contributed by atoms with Crippen LogP contribution in [0.2, 0.25) is 0 Å². The van der Waals surface area contributed by atoms with E-state index in [0.29, 0.717) is 0 Å². The first-order valence-electron chi connectivity index (χ1n) is 5.64. The molecule has 0 aliphatic rings. The number of hydrogen-bond acceptors (Lipinski definition) is 5. The average Bonchev–Trinajstić information content (AvgIpc) is 2.36. The molecule has 0 saturated heterocycles. The highest BCUT2D eigenvalue weighted by Crippen LogP contribution is 2.20. The van der Waals surface area contributed by atoms with Gasteiger partial charge >= 0.3 is 0 Å². The Hall–Kier alpha value is -1.99. The highest BCUT2D eigenvalue weighted by molar-refractivity contribution is 5.96. The molecule has 19 heavy (non-hydrogen) atoms. The number of carbonyl (C=O) groups excluding carboxylic acids is 1. The van der Waals surface area contributed by atoms with Crippen molar-refractivity contribution in [2.24, 2.45) is 0 Å². The molecule has 1 atom stereocenters. The van der Waals surface area contributed by atoms with Crippen molar-refractivity contribution in [3.63, 3.8) is 0 Å². The molecule has 1 unspecified atom stereocenters. The van der Waals surface area contributed by atoms with Gasteiger partial charge in [-0.3, -0.25) is 14.9 Å². The molecular formula is C12H16N2O5. The molecule has 1 aromatic rings. The Morgan fingerprint density at radius 1 is 1.53 bits per heavy atom. The summed E-state index contributed by atoms with van der Waals surface area (Å²) in [5, 5.41) is 31.6. The van der Waals surface area contributed by atoms with E-state index in [1.807, 2.05) is 0 Å². The molecule has 0 spiro atoms. The van der Waals surface area contributed by atoms with Crippen molar-refractivity contribution in [2.45, 2.75) is 19.4 Å². The van der Waals surface area contributed by atoms with E-state index in [4.69, 9.17) is 5.11 Å². The molecule has 1 aromatic carbocycles. The molecule has 1 amide bonds. The van der Waals surface area contributed by atoms with Crippen LogP contribution in [-0.2, 0) is 0 Å². The van der Waals surface area contributed by atoms with Gasteiger partial charge in [-0.05, 0) is 19.9 Å². The van der Waals surface area contributed by atoms with Crippen LogP contribution in [0, 0.1) is 17.0 Å². The third-order valence-corrected chi connectivity index (χ3v) is 2.72. The second-order valence-corrected chi connectivity index (χ2v) is 4.54. The zero-order chi connectivity index (χ0) is 14.6. The van der Waals surface area contributed by atoms with Crippen molar-refractivity contribution in [1.29, 1.82) is 0 Å². The molecule has 3 N–H and O–H groups in total. The van der Waals surface area contributed by atoms with Crippen LogP contribution < -0.4 is 5.32 Å². The predicted octanol–water partition coefficient (Wildman–Crippen LogP) is 0.376. The van der Waals surface area contributed by atoms with Crippen molar-refractivity contribution >= 4 is 11.6 Å². The van der Waals surface area contributed by atoms with E-state index in [1.54, 1.807) is 0 Å². The lowest BCUT2D eigenvalue weighted by atomic mass is 10.1. The summed E-state index contributed by atoms with van der Waals surface area (Å²) in [6, 6.07) is 4.20. The molecule has 0 bridgehead atoms. The second-order valence-electron chi connectivity index (χ2n) is 4.54. The molecule has 0 aliphatic carbocycles. The number of rotatable bonds is 5. The Morgan fingerprint density at radius 2 is 2.16 bits per heavy atom. The smallest absolute Gasteiger partial charge is 0.273 e. The normalized spacial score (nSPS) is 13.7. The fraction of sp³-hybridized carbons (Fsp3) is 0.417. The molecule has 0 aliphatic heterocycles. The number of nitro groups is 1. The van der Waals surface area contributed by atoms with Gasteiger partial charge in [-0.1, -0.05) is 6.07 Å². The summed E-state index contributed by atoms with van der Waals surface area (Å²) in [6.07, 6.45) is 0. The number of nitrogens with one attached hydrogen (secondary N) is 1. The maximum absolute atomic E-state index is 11.9. The standard InChI is InChI=1S/C12H16N2O5/c1-8-9(4-3-5-10(8)14(18)19)11(16)13-6-12(2,17)7-15/h3-5,15,17H,6-7H2,1-2H3,(H,13,16). The van der Waals surface area contributed by atoms with Gasteiger partial charge in [0, 0.05) is 23.7 Å². The van der Waals surface area contributed by atoms with Gasteiger partial charge in [0.05, 0.1) is 11.5 Å². The van der Waals surface area contributed by atoms with E-state index in [-0.39, 0.29) is 23.4 Å². The summed E-state index contributed by atoms with van der Waals surface area (Å²) >= 11 is 0. The highest BCUT2D eigenvalue weighted by atomic mass is 16.6. The largest absolute Gasteiger partial charge is 0.393 e. The fourth-order valence-corrected chi connectivity index (χ4v) is 1.49. The fourth-order valence-electron chi connectivity index (χ4n) is 1.49. The second kappa shape index (κ2) is 5.77. The molecule has 0 radical (unpaired) electrons. The first-order chi connectivity index (χ1) is 8.78. The molecule has 104 valence electrons. The molecule has 7 nitrogen and oxygen atoms in total. The Kier molecular flexibility index (Phi) is 4.57. The quantitative estimate of drug-likeness (QED) is 0.527. The molecular weight excluding hydrogens is 252 g/mol. The van der Waals surface area contributed by atoms with Gasteiger partial charge < -0.3 is 15.5 Å². The van der Waals surface area contributed by atoms with Crippen molar-refractivity contribution in [3.8, 4) is 0 Å². The molecule has 0 heterocycles. The first kappa shape index (κ1) is 15.1. The summed E-state index contributed by atoms with van der Waals surface area (Å²) in [5.74, 6) is -0.532. The van der Waals surface area contributed by atoms with Gasteiger partial charge in [-0.25, -0.2) is 0 Å². The van der Waals surface area contributed by atoms with Crippen molar-refractivity contribution < 1.29 is 19.9 Å². The summed E-state index contributed by atoms with van der Waals surface area (Å²) in [7, 11) is 0. The predicted molar refractivity (Wildman–Crippen MR) is 67.9 cm³/mol. The lowest BCUT2D eigenvalue weighted by molar-refractivity contribution is -0.385. The van der Waals surface area contributed by atoms with Crippen LogP contribution in [0.25, 0.3) is 0 Å². The van der Waals surface area contributed by atoms with Gasteiger partial charge in [0.15, 0.2) is 0 Å². The monoisotopic (exact) mass is 268 g/mol. The number of aliphatic hydroxyl groups is 2. The van der Waals surface area contributed by atoms with Crippen molar-refractivity contribution in [2.75, 3.05) is 13.2 Å². The number of carbonyl (C=O) groups is 1. The minimum absolute atomic E-state index is 0.137. The van der Waals surface area contributed by atoms with Crippen LogP contribution in [0.4, 0.5) is 5.69 Å². The SMILES string of the molecule is Cc1c(C(=O)NCC(C)(O)CO)cccc1[N+](=O)[O-]. The van der Waals surface area contributed by atoms with E-state index < -0.39 is 23.0 Å². The van der Waals surface area contributed by atoms with E-state index in [9.17, 15) is 20.0 Å². The lowest BCUT2D eigenvalue weighted by Gasteiger charge is -2.20.